The molecule has 1 aromatic carbocycles. The van der Waals surface area contributed by atoms with Crippen LogP contribution in [0.1, 0.15) is 55.2 Å². The zero-order valence-electron chi connectivity index (χ0n) is 14.9. The van der Waals surface area contributed by atoms with Gasteiger partial charge in [-0.3, -0.25) is 14.9 Å². The van der Waals surface area contributed by atoms with E-state index in [0.717, 1.165) is 11.3 Å². The van der Waals surface area contributed by atoms with E-state index < -0.39 is 6.04 Å². The number of amides is 2. The molecule has 0 saturated heterocycles. The molecule has 0 radical (unpaired) electrons. The maximum absolute atomic E-state index is 12.8. The summed E-state index contributed by atoms with van der Waals surface area (Å²) in [7, 11) is 0. The second kappa shape index (κ2) is 6.70. The summed E-state index contributed by atoms with van der Waals surface area (Å²) < 4.78 is 5.33. The molecule has 0 spiro atoms. The van der Waals surface area contributed by atoms with Crippen LogP contribution in [-0.4, -0.2) is 27.7 Å². The molecule has 25 heavy (non-hydrogen) atoms. The highest BCUT2D eigenvalue weighted by atomic mass is 16.4. The van der Waals surface area contributed by atoms with Crippen LogP contribution in [0.3, 0.4) is 0 Å². The summed E-state index contributed by atoms with van der Waals surface area (Å²) in [5.41, 5.74) is 2.39. The maximum atomic E-state index is 12.8. The van der Waals surface area contributed by atoms with Crippen LogP contribution in [-0.2, 0) is 11.3 Å². The van der Waals surface area contributed by atoms with E-state index in [-0.39, 0.29) is 29.7 Å². The van der Waals surface area contributed by atoms with Crippen molar-refractivity contribution in [3.05, 3.63) is 47.3 Å². The molecule has 1 atom stereocenters. The van der Waals surface area contributed by atoms with Crippen LogP contribution in [0.15, 0.2) is 34.9 Å². The first kappa shape index (κ1) is 17.2. The van der Waals surface area contributed by atoms with E-state index in [9.17, 15) is 9.59 Å². The third-order valence-corrected chi connectivity index (χ3v) is 4.43. The Morgan fingerprint density at radius 1 is 1.24 bits per heavy atom. The van der Waals surface area contributed by atoms with Crippen molar-refractivity contribution < 1.29 is 14.0 Å². The fourth-order valence-electron chi connectivity index (χ4n) is 3.09. The standard InChI is InChI=1S/C19H23N3O3/c1-11(2)15-10-25-19(20-15)21-17(23)16(12(3)4)22-9-13-7-5-6-8-14(13)18(22)24/h5-8,10-12,16H,9H2,1-4H3,(H,20,21,23)/t16-/m1/s1. The van der Waals surface area contributed by atoms with Gasteiger partial charge in [0.1, 0.15) is 12.3 Å². The van der Waals surface area contributed by atoms with E-state index in [0.29, 0.717) is 12.1 Å². The van der Waals surface area contributed by atoms with E-state index >= 15 is 0 Å². The van der Waals surface area contributed by atoms with Gasteiger partial charge in [0, 0.05) is 12.1 Å². The number of anilines is 1. The number of carbonyl (C=O) groups excluding carboxylic acids is 2. The van der Waals surface area contributed by atoms with Crippen molar-refractivity contribution in [1.82, 2.24) is 9.88 Å². The molecule has 0 saturated carbocycles. The van der Waals surface area contributed by atoms with Crippen molar-refractivity contribution >= 4 is 17.8 Å². The smallest absolute Gasteiger partial charge is 0.301 e. The fraction of sp³-hybridized carbons (Fsp3) is 0.421. The molecule has 1 aliphatic rings. The minimum absolute atomic E-state index is 0.0437. The Balaban J connectivity index is 1.79. The van der Waals surface area contributed by atoms with Gasteiger partial charge >= 0.3 is 6.01 Å². The van der Waals surface area contributed by atoms with Gasteiger partial charge in [0.2, 0.25) is 0 Å². The summed E-state index contributed by atoms with van der Waals surface area (Å²) in [6.45, 7) is 8.29. The molecular weight excluding hydrogens is 318 g/mol. The van der Waals surface area contributed by atoms with Gasteiger partial charge in [-0.2, -0.15) is 4.98 Å². The number of benzene rings is 1. The highest BCUT2D eigenvalue weighted by molar-refractivity contribution is 6.03. The zero-order chi connectivity index (χ0) is 18.1. The Morgan fingerprint density at radius 2 is 1.96 bits per heavy atom. The third-order valence-electron chi connectivity index (χ3n) is 4.43. The van der Waals surface area contributed by atoms with Crippen molar-refractivity contribution in [3.8, 4) is 0 Å². The number of hydrogen-bond acceptors (Lipinski definition) is 4. The molecule has 2 amide bonds. The number of aromatic nitrogens is 1. The van der Waals surface area contributed by atoms with Crippen LogP contribution in [0, 0.1) is 5.92 Å². The predicted octanol–water partition coefficient (Wildman–Crippen LogP) is 3.42. The van der Waals surface area contributed by atoms with Gasteiger partial charge in [-0.15, -0.1) is 0 Å². The average Bonchev–Trinajstić information content (AvgIpc) is 3.14. The quantitative estimate of drug-likeness (QED) is 0.904. The summed E-state index contributed by atoms with van der Waals surface area (Å²) >= 11 is 0. The SMILES string of the molecule is CC(C)c1coc(NC(=O)[C@@H](C(C)C)N2Cc3ccccc3C2=O)n1. The van der Waals surface area contributed by atoms with Crippen molar-refractivity contribution in [2.75, 3.05) is 5.32 Å². The van der Waals surface area contributed by atoms with Crippen LogP contribution >= 0.6 is 0 Å². The molecule has 6 heteroatoms. The van der Waals surface area contributed by atoms with Crippen LogP contribution in [0.2, 0.25) is 0 Å². The number of oxazole rings is 1. The molecule has 6 nitrogen and oxygen atoms in total. The van der Waals surface area contributed by atoms with Gasteiger partial charge in [-0.05, 0) is 23.5 Å². The van der Waals surface area contributed by atoms with Gasteiger partial charge in [0.25, 0.3) is 11.8 Å². The fourth-order valence-corrected chi connectivity index (χ4v) is 3.09. The largest absolute Gasteiger partial charge is 0.432 e. The zero-order valence-corrected chi connectivity index (χ0v) is 14.9. The molecule has 2 aromatic rings. The van der Waals surface area contributed by atoms with Crippen LogP contribution in [0.5, 0.6) is 0 Å². The Kier molecular flexibility index (Phi) is 4.61. The third kappa shape index (κ3) is 3.29. The number of nitrogens with zero attached hydrogens (tertiary/aromatic N) is 2. The second-order valence-corrected chi connectivity index (χ2v) is 7.00. The summed E-state index contributed by atoms with van der Waals surface area (Å²) in [6.07, 6.45) is 1.54. The number of carbonyl (C=O) groups is 2. The van der Waals surface area contributed by atoms with E-state index in [4.69, 9.17) is 4.42 Å². The number of hydrogen-bond donors (Lipinski definition) is 1. The normalized spacial score (nSPS) is 15.0. The van der Waals surface area contributed by atoms with Gasteiger partial charge in [-0.1, -0.05) is 45.9 Å². The van der Waals surface area contributed by atoms with Gasteiger partial charge in [0.05, 0.1) is 5.69 Å². The first-order chi connectivity index (χ1) is 11.9. The van der Waals surface area contributed by atoms with E-state index in [1.165, 1.54) is 0 Å². The number of fused-ring (bicyclic) bond motifs is 1. The van der Waals surface area contributed by atoms with Crippen LogP contribution in [0.4, 0.5) is 6.01 Å². The lowest BCUT2D eigenvalue weighted by atomic mass is 10.0. The lowest BCUT2D eigenvalue weighted by Gasteiger charge is -2.29. The molecule has 3 rings (SSSR count). The summed E-state index contributed by atoms with van der Waals surface area (Å²) in [6, 6.07) is 7.05. The number of rotatable bonds is 5. The molecule has 132 valence electrons. The maximum Gasteiger partial charge on any atom is 0.301 e. The number of nitrogens with one attached hydrogen (secondary N) is 1. The van der Waals surface area contributed by atoms with Gasteiger partial charge < -0.3 is 9.32 Å². The van der Waals surface area contributed by atoms with Crippen molar-refractivity contribution in [3.63, 3.8) is 0 Å². The molecule has 0 unspecified atom stereocenters. The van der Waals surface area contributed by atoms with Crippen molar-refractivity contribution in [2.45, 2.75) is 46.2 Å². The summed E-state index contributed by atoms with van der Waals surface area (Å²) in [5.74, 6) is -0.226. The lowest BCUT2D eigenvalue weighted by molar-refractivity contribution is -0.122. The van der Waals surface area contributed by atoms with E-state index in [2.05, 4.69) is 10.3 Å². The van der Waals surface area contributed by atoms with Gasteiger partial charge in [0.15, 0.2) is 0 Å². The summed E-state index contributed by atoms with van der Waals surface area (Å²) in [5, 5.41) is 2.71. The monoisotopic (exact) mass is 341 g/mol. The van der Waals surface area contributed by atoms with Crippen LogP contribution < -0.4 is 5.32 Å². The lowest BCUT2D eigenvalue weighted by Crippen LogP contribution is -2.47. The first-order valence-electron chi connectivity index (χ1n) is 8.53. The Morgan fingerprint density at radius 3 is 2.56 bits per heavy atom. The summed E-state index contributed by atoms with van der Waals surface area (Å²) in [4.78, 5) is 31.4. The first-order valence-corrected chi connectivity index (χ1v) is 8.53. The van der Waals surface area contributed by atoms with Gasteiger partial charge in [-0.25, -0.2) is 0 Å². The Labute approximate surface area is 147 Å². The molecule has 1 aliphatic heterocycles. The molecule has 2 heterocycles. The topological polar surface area (TPSA) is 75.4 Å². The molecule has 0 fully saturated rings. The molecule has 0 bridgehead atoms. The van der Waals surface area contributed by atoms with Crippen molar-refractivity contribution in [1.29, 1.82) is 0 Å². The highest BCUT2D eigenvalue weighted by Crippen LogP contribution is 2.27. The predicted molar refractivity (Wildman–Crippen MR) is 94.2 cm³/mol. The Bertz CT molecular complexity index is 795. The minimum Gasteiger partial charge on any atom is -0.432 e. The van der Waals surface area contributed by atoms with E-state index in [1.807, 2.05) is 45.9 Å². The molecule has 0 aliphatic carbocycles. The molecular formula is C19H23N3O3. The highest BCUT2D eigenvalue weighted by Gasteiger charge is 2.38. The molecule has 1 aromatic heterocycles. The average molecular weight is 341 g/mol. The minimum atomic E-state index is -0.589. The van der Waals surface area contributed by atoms with Crippen molar-refractivity contribution in [2.24, 2.45) is 5.92 Å². The Hall–Kier alpha value is -2.63. The molecule has 1 N–H and O–H groups in total. The van der Waals surface area contributed by atoms with E-state index in [1.54, 1.807) is 17.2 Å². The second-order valence-electron chi connectivity index (χ2n) is 7.00. The van der Waals surface area contributed by atoms with Crippen LogP contribution in [0.25, 0.3) is 0 Å².